The third-order valence-corrected chi connectivity index (χ3v) is 3.37. The minimum atomic E-state index is 0.166. The van der Waals surface area contributed by atoms with Crippen molar-refractivity contribution in [1.29, 1.82) is 0 Å². The van der Waals surface area contributed by atoms with Gasteiger partial charge in [0.25, 0.3) is 0 Å². The standard InChI is InChI=1S/C15H16N4/c1-11(12-6-3-2-4-7-12)19-14(10-16)18-13-8-5-9-17-15(13)19/h2-9,11H,10,16H2,1H3. The summed E-state index contributed by atoms with van der Waals surface area (Å²) >= 11 is 0. The van der Waals surface area contributed by atoms with Crippen molar-refractivity contribution in [2.45, 2.75) is 19.5 Å². The fourth-order valence-electron chi connectivity index (χ4n) is 2.41. The van der Waals surface area contributed by atoms with Gasteiger partial charge in [0.1, 0.15) is 11.3 Å². The maximum absolute atomic E-state index is 5.82. The van der Waals surface area contributed by atoms with Gasteiger partial charge in [-0.1, -0.05) is 30.3 Å². The maximum atomic E-state index is 5.82. The van der Waals surface area contributed by atoms with Gasteiger partial charge in [0, 0.05) is 6.20 Å². The summed E-state index contributed by atoms with van der Waals surface area (Å²) in [5, 5.41) is 0. The van der Waals surface area contributed by atoms with Gasteiger partial charge in [-0.05, 0) is 24.6 Å². The number of benzene rings is 1. The van der Waals surface area contributed by atoms with E-state index in [1.165, 1.54) is 5.56 Å². The van der Waals surface area contributed by atoms with E-state index < -0.39 is 0 Å². The van der Waals surface area contributed by atoms with Crippen LogP contribution < -0.4 is 5.73 Å². The minimum Gasteiger partial charge on any atom is -0.324 e. The second-order valence-corrected chi connectivity index (χ2v) is 4.53. The summed E-state index contributed by atoms with van der Waals surface area (Å²) in [6.45, 7) is 2.55. The molecule has 2 N–H and O–H groups in total. The van der Waals surface area contributed by atoms with Gasteiger partial charge in [0.05, 0.1) is 12.6 Å². The predicted molar refractivity (Wildman–Crippen MR) is 75.7 cm³/mol. The molecule has 1 atom stereocenters. The molecule has 4 nitrogen and oxygen atoms in total. The number of pyridine rings is 1. The quantitative estimate of drug-likeness (QED) is 0.779. The number of nitrogens with two attached hydrogens (primary N) is 1. The lowest BCUT2D eigenvalue weighted by atomic mass is 10.1. The largest absolute Gasteiger partial charge is 0.324 e. The molecule has 0 aliphatic heterocycles. The molecule has 3 aromatic rings. The number of nitrogens with zero attached hydrogens (tertiary/aromatic N) is 3. The van der Waals surface area contributed by atoms with Crippen LogP contribution in [0.1, 0.15) is 24.4 Å². The highest BCUT2D eigenvalue weighted by molar-refractivity contribution is 5.71. The fraction of sp³-hybridized carbons (Fsp3) is 0.200. The monoisotopic (exact) mass is 252 g/mol. The van der Waals surface area contributed by atoms with E-state index in [1.807, 2.05) is 30.3 Å². The van der Waals surface area contributed by atoms with Crippen LogP contribution >= 0.6 is 0 Å². The van der Waals surface area contributed by atoms with E-state index in [9.17, 15) is 0 Å². The van der Waals surface area contributed by atoms with Crippen LogP contribution in [0.5, 0.6) is 0 Å². The summed E-state index contributed by atoms with van der Waals surface area (Å²) in [5.41, 5.74) is 8.83. The van der Waals surface area contributed by atoms with Crippen molar-refractivity contribution in [2.24, 2.45) is 5.73 Å². The molecule has 2 heterocycles. The highest BCUT2D eigenvalue weighted by Gasteiger charge is 2.16. The van der Waals surface area contributed by atoms with Gasteiger partial charge in [0.2, 0.25) is 0 Å². The average molecular weight is 252 g/mol. The number of fused-ring (bicyclic) bond motifs is 1. The Kier molecular flexibility index (Phi) is 3.01. The topological polar surface area (TPSA) is 56.7 Å². The molecule has 3 rings (SSSR count). The first kappa shape index (κ1) is 11.9. The molecule has 0 saturated heterocycles. The molecule has 0 aliphatic rings. The molecule has 2 aromatic heterocycles. The summed E-state index contributed by atoms with van der Waals surface area (Å²) in [7, 11) is 0. The van der Waals surface area contributed by atoms with Crippen LogP contribution in [0.25, 0.3) is 11.2 Å². The third kappa shape index (κ3) is 2.00. The van der Waals surface area contributed by atoms with Gasteiger partial charge in [0.15, 0.2) is 5.65 Å². The Morgan fingerprint density at radius 1 is 1.16 bits per heavy atom. The van der Waals surface area contributed by atoms with Crippen LogP contribution in [0.3, 0.4) is 0 Å². The van der Waals surface area contributed by atoms with Crippen LogP contribution in [0, 0.1) is 0 Å². The number of hydrogen-bond acceptors (Lipinski definition) is 3. The zero-order valence-electron chi connectivity index (χ0n) is 10.8. The molecule has 4 heteroatoms. The van der Waals surface area contributed by atoms with E-state index >= 15 is 0 Å². The molecule has 0 radical (unpaired) electrons. The average Bonchev–Trinajstić information content (AvgIpc) is 2.86. The van der Waals surface area contributed by atoms with Crippen molar-refractivity contribution in [1.82, 2.24) is 14.5 Å². The minimum absolute atomic E-state index is 0.166. The van der Waals surface area contributed by atoms with Crippen molar-refractivity contribution in [2.75, 3.05) is 0 Å². The molecule has 19 heavy (non-hydrogen) atoms. The van der Waals surface area contributed by atoms with Crippen LogP contribution in [-0.2, 0) is 6.54 Å². The Labute approximate surface area is 111 Å². The fourth-order valence-corrected chi connectivity index (χ4v) is 2.41. The summed E-state index contributed by atoms with van der Waals surface area (Å²) in [6.07, 6.45) is 1.79. The van der Waals surface area contributed by atoms with E-state index in [-0.39, 0.29) is 6.04 Å². The number of hydrogen-bond donors (Lipinski definition) is 1. The Morgan fingerprint density at radius 2 is 1.95 bits per heavy atom. The summed E-state index contributed by atoms with van der Waals surface area (Å²) in [6, 6.07) is 14.4. The van der Waals surface area contributed by atoms with E-state index in [2.05, 4.69) is 33.6 Å². The summed E-state index contributed by atoms with van der Waals surface area (Å²) in [4.78, 5) is 8.99. The van der Waals surface area contributed by atoms with Gasteiger partial charge < -0.3 is 10.3 Å². The summed E-state index contributed by atoms with van der Waals surface area (Å²) < 4.78 is 2.12. The van der Waals surface area contributed by atoms with Gasteiger partial charge in [-0.3, -0.25) is 0 Å². The molecule has 0 spiro atoms. The molecular formula is C15H16N4. The summed E-state index contributed by atoms with van der Waals surface area (Å²) in [5.74, 6) is 0.866. The molecular weight excluding hydrogens is 236 g/mol. The first-order valence-corrected chi connectivity index (χ1v) is 6.38. The molecule has 0 saturated carbocycles. The van der Waals surface area contributed by atoms with Crippen molar-refractivity contribution < 1.29 is 0 Å². The van der Waals surface area contributed by atoms with Crippen molar-refractivity contribution in [3.63, 3.8) is 0 Å². The zero-order valence-corrected chi connectivity index (χ0v) is 10.8. The Morgan fingerprint density at radius 3 is 2.68 bits per heavy atom. The van der Waals surface area contributed by atoms with E-state index in [1.54, 1.807) is 6.20 Å². The Bertz CT molecular complexity index is 688. The highest BCUT2D eigenvalue weighted by atomic mass is 15.2. The first-order chi connectivity index (χ1) is 9.31. The molecule has 0 fully saturated rings. The van der Waals surface area contributed by atoms with Gasteiger partial charge in [-0.25, -0.2) is 9.97 Å². The predicted octanol–water partition coefficient (Wildman–Crippen LogP) is 2.50. The number of aromatic nitrogens is 3. The Balaban J connectivity index is 2.18. The molecule has 1 unspecified atom stereocenters. The van der Waals surface area contributed by atoms with E-state index in [4.69, 9.17) is 5.73 Å². The lowest BCUT2D eigenvalue weighted by Gasteiger charge is -2.16. The SMILES string of the molecule is CC(c1ccccc1)n1c(CN)nc2cccnc21. The second kappa shape index (κ2) is 4.82. The van der Waals surface area contributed by atoms with Crippen molar-refractivity contribution in [3.05, 3.63) is 60.0 Å². The van der Waals surface area contributed by atoms with Gasteiger partial charge in [-0.2, -0.15) is 0 Å². The van der Waals surface area contributed by atoms with Crippen LogP contribution in [0.4, 0.5) is 0 Å². The molecule has 1 aromatic carbocycles. The second-order valence-electron chi connectivity index (χ2n) is 4.53. The van der Waals surface area contributed by atoms with E-state index in [0.717, 1.165) is 17.0 Å². The van der Waals surface area contributed by atoms with Crippen LogP contribution in [0.2, 0.25) is 0 Å². The van der Waals surface area contributed by atoms with Gasteiger partial charge in [-0.15, -0.1) is 0 Å². The molecule has 96 valence electrons. The highest BCUT2D eigenvalue weighted by Crippen LogP contribution is 2.24. The smallest absolute Gasteiger partial charge is 0.160 e. The zero-order chi connectivity index (χ0) is 13.2. The van der Waals surface area contributed by atoms with Crippen LogP contribution in [-0.4, -0.2) is 14.5 Å². The number of rotatable bonds is 3. The molecule has 0 bridgehead atoms. The van der Waals surface area contributed by atoms with Crippen molar-refractivity contribution >= 4 is 11.2 Å². The molecule has 0 aliphatic carbocycles. The molecule has 0 amide bonds. The van der Waals surface area contributed by atoms with Crippen molar-refractivity contribution in [3.8, 4) is 0 Å². The number of imidazole rings is 1. The maximum Gasteiger partial charge on any atom is 0.160 e. The van der Waals surface area contributed by atoms with Crippen LogP contribution in [0.15, 0.2) is 48.7 Å². The lowest BCUT2D eigenvalue weighted by molar-refractivity contribution is 0.615. The third-order valence-electron chi connectivity index (χ3n) is 3.37. The Hall–Kier alpha value is -2.20. The van der Waals surface area contributed by atoms with Gasteiger partial charge >= 0.3 is 0 Å². The normalized spacial score (nSPS) is 12.7. The lowest BCUT2D eigenvalue weighted by Crippen LogP contribution is -2.14. The first-order valence-electron chi connectivity index (χ1n) is 6.38. The van der Waals surface area contributed by atoms with E-state index in [0.29, 0.717) is 6.54 Å².